The molecule has 1 aromatic heterocycles. The molecular weight excluding hydrogens is 445 g/mol. The first-order chi connectivity index (χ1) is 9.64. The van der Waals surface area contributed by atoms with Gasteiger partial charge in [0.15, 0.2) is 0 Å². The van der Waals surface area contributed by atoms with Crippen molar-refractivity contribution in [1.29, 1.82) is 0 Å². The molecule has 0 aliphatic carbocycles. The zero-order chi connectivity index (χ0) is 14.6. The Balaban J connectivity index is 2.27. The SMILES string of the molecule is C[CH2][Pb]([CH2]C)([CH2]C)[O]C(=O)c1ccc2ccccc2n1. The molecular formula is C16H21NO2Pb. The first-order valence-corrected chi connectivity index (χ1v) is 17.1. The van der Waals surface area contributed by atoms with Crippen molar-refractivity contribution in [1.82, 2.24) is 4.98 Å². The number of para-hydroxylation sites is 1. The molecule has 20 heavy (non-hydrogen) atoms. The number of carbonyl (C=O) groups excluding carboxylic acids is 1. The van der Waals surface area contributed by atoms with Crippen LogP contribution in [0.4, 0.5) is 0 Å². The van der Waals surface area contributed by atoms with Gasteiger partial charge in [-0.1, -0.05) is 0 Å². The second kappa shape index (κ2) is 6.65. The van der Waals surface area contributed by atoms with Crippen molar-refractivity contribution in [3.8, 4) is 0 Å². The Kier molecular flexibility index (Phi) is 5.12. The van der Waals surface area contributed by atoms with Crippen molar-refractivity contribution < 1.29 is 7.48 Å². The van der Waals surface area contributed by atoms with Crippen molar-refractivity contribution in [2.75, 3.05) is 0 Å². The number of pyridine rings is 1. The average molecular weight is 467 g/mol. The monoisotopic (exact) mass is 467 g/mol. The summed E-state index contributed by atoms with van der Waals surface area (Å²) in [5.41, 5.74) is 1.28. The molecule has 0 unspecified atom stereocenters. The number of rotatable bonds is 5. The van der Waals surface area contributed by atoms with Crippen LogP contribution in [0.1, 0.15) is 31.3 Å². The maximum atomic E-state index is 12.4. The Labute approximate surface area is 125 Å². The molecule has 0 amide bonds. The van der Waals surface area contributed by atoms with Crippen molar-refractivity contribution >= 4 is 38.5 Å². The Morgan fingerprint density at radius 2 is 1.70 bits per heavy atom. The summed E-state index contributed by atoms with van der Waals surface area (Å²) in [5, 5.41) is 1.04. The number of benzene rings is 1. The summed E-state index contributed by atoms with van der Waals surface area (Å²) in [6, 6.07) is 11.5. The molecule has 0 atom stereocenters. The molecule has 2 rings (SSSR count). The molecule has 0 radical (unpaired) electrons. The molecule has 2 aromatic rings. The van der Waals surface area contributed by atoms with Gasteiger partial charge in [0.05, 0.1) is 0 Å². The standard InChI is InChI=1S/C10H7NO2.3C2H5.Pb/c12-10(13)9-6-5-7-3-1-2-4-8(7)11-9;3*1-2;/h1-6H,(H,12,13);3*1H2,2H3;/q;;;;+1/p-1. The molecule has 3 nitrogen and oxygen atoms in total. The van der Waals surface area contributed by atoms with Gasteiger partial charge >= 0.3 is 126 Å². The molecule has 0 spiro atoms. The molecule has 1 heterocycles. The number of nitrogens with zero attached hydrogens (tertiary/aromatic N) is 1. The molecule has 0 saturated carbocycles. The maximum absolute atomic E-state index is 12.4. The van der Waals surface area contributed by atoms with Gasteiger partial charge in [-0.25, -0.2) is 0 Å². The second-order valence-electron chi connectivity index (χ2n) is 5.02. The van der Waals surface area contributed by atoms with Crippen LogP contribution in [0.3, 0.4) is 0 Å². The summed E-state index contributed by atoms with van der Waals surface area (Å²) >= 11 is -2.85. The molecule has 0 aliphatic heterocycles. The van der Waals surface area contributed by atoms with Crippen LogP contribution in [0.25, 0.3) is 10.9 Å². The third kappa shape index (κ3) is 3.19. The van der Waals surface area contributed by atoms with Gasteiger partial charge < -0.3 is 0 Å². The second-order valence-corrected chi connectivity index (χ2v) is 23.3. The minimum absolute atomic E-state index is 0.233. The quantitative estimate of drug-likeness (QED) is 0.614. The third-order valence-corrected chi connectivity index (χ3v) is 21.5. The van der Waals surface area contributed by atoms with E-state index < -0.39 is 21.6 Å². The fourth-order valence-electron chi connectivity index (χ4n) is 2.40. The first kappa shape index (κ1) is 15.4. The van der Waals surface area contributed by atoms with Crippen LogP contribution >= 0.6 is 0 Å². The van der Waals surface area contributed by atoms with E-state index in [1.807, 2.05) is 30.3 Å². The van der Waals surface area contributed by atoms with Gasteiger partial charge in [0, 0.05) is 0 Å². The van der Waals surface area contributed by atoms with E-state index in [2.05, 4.69) is 25.8 Å². The molecule has 1 aromatic carbocycles. The molecule has 0 aliphatic rings. The van der Waals surface area contributed by atoms with E-state index >= 15 is 0 Å². The van der Waals surface area contributed by atoms with E-state index in [9.17, 15) is 4.79 Å². The van der Waals surface area contributed by atoms with Crippen LogP contribution in [0.5, 0.6) is 0 Å². The van der Waals surface area contributed by atoms with Crippen molar-refractivity contribution in [3.05, 3.63) is 42.1 Å². The van der Waals surface area contributed by atoms with Gasteiger partial charge in [0.1, 0.15) is 0 Å². The van der Waals surface area contributed by atoms with Crippen LogP contribution in [0.15, 0.2) is 36.4 Å². The summed E-state index contributed by atoms with van der Waals surface area (Å²) in [6.45, 7) is 6.45. The molecule has 4 heteroatoms. The van der Waals surface area contributed by atoms with Crippen molar-refractivity contribution in [2.24, 2.45) is 0 Å². The zero-order valence-electron chi connectivity index (χ0n) is 12.3. The predicted molar refractivity (Wildman–Crippen MR) is 84.4 cm³/mol. The molecule has 0 fully saturated rings. The van der Waals surface area contributed by atoms with Crippen LogP contribution in [-0.4, -0.2) is 32.6 Å². The fraction of sp³-hybridized carbons (Fsp3) is 0.375. The zero-order valence-corrected chi connectivity index (χ0v) is 16.2. The number of hydrogen-bond donors (Lipinski definition) is 0. The third-order valence-electron chi connectivity index (χ3n) is 4.05. The summed E-state index contributed by atoms with van der Waals surface area (Å²) in [7, 11) is 0. The van der Waals surface area contributed by atoms with E-state index in [0.29, 0.717) is 5.69 Å². The topological polar surface area (TPSA) is 39.2 Å². The van der Waals surface area contributed by atoms with Gasteiger partial charge in [-0.15, -0.1) is 0 Å². The number of carbonyl (C=O) groups is 1. The van der Waals surface area contributed by atoms with Crippen LogP contribution in [0.2, 0.25) is 11.9 Å². The molecule has 0 N–H and O–H groups in total. The van der Waals surface area contributed by atoms with E-state index in [1.165, 1.54) is 0 Å². The minimum atomic E-state index is -2.85. The van der Waals surface area contributed by atoms with Gasteiger partial charge in [-0.3, -0.25) is 0 Å². The van der Waals surface area contributed by atoms with E-state index in [1.54, 1.807) is 6.07 Å². The first-order valence-electron chi connectivity index (χ1n) is 7.23. The Morgan fingerprint density at radius 3 is 2.35 bits per heavy atom. The van der Waals surface area contributed by atoms with Crippen molar-refractivity contribution in [2.45, 2.75) is 32.7 Å². The van der Waals surface area contributed by atoms with Crippen LogP contribution in [0, 0.1) is 0 Å². The predicted octanol–water partition coefficient (Wildman–Crippen LogP) is 4.40. The molecule has 0 bridgehead atoms. The summed E-state index contributed by atoms with van der Waals surface area (Å²) < 4.78 is 9.06. The summed E-state index contributed by atoms with van der Waals surface area (Å²) in [5.74, 6) is -0.233. The Bertz CT molecular complexity index is 600. The van der Waals surface area contributed by atoms with Crippen LogP contribution < -0.4 is 0 Å². The van der Waals surface area contributed by atoms with Crippen molar-refractivity contribution in [3.63, 3.8) is 0 Å². The van der Waals surface area contributed by atoms with E-state index in [0.717, 1.165) is 22.8 Å². The number of fused-ring (bicyclic) bond motifs is 1. The number of aromatic nitrogens is 1. The normalized spacial score (nSPS) is 11.6. The molecule has 0 saturated heterocycles. The fourth-order valence-corrected chi connectivity index (χ4v) is 11.8. The van der Waals surface area contributed by atoms with Gasteiger partial charge in [0.2, 0.25) is 0 Å². The summed E-state index contributed by atoms with van der Waals surface area (Å²) in [6.07, 6.45) is 0. The van der Waals surface area contributed by atoms with Gasteiger partial charge in [-0.05, 0) is 0 Å². The summed E-state index contributed by atoms with van der Waals surface area (Å²) in [4.78, 5) is 16.8. The average Bonchev–Trinajstić information content (AvgIpc) is 2.52. The van der Waals surface area contributed by atoms with E-state index in [4.69, 9.17) is 2.69 Å². The Morgan fingerprint density at radius 1 is 1.05 bits per heavy atom. The molecule has 106 valence electrons. The van der Waals surface area contributed by atoms with Gasteiger partial charge in [-0.2, -0.15) is 0 Å². The Hall–Kier alpha value is -0.978. The van der Waals surface area contributed by atoms with Gasteiger partial charge in [0.25, 0.3) is 0 Å². The van der Waals surface area contributed by atoms with Crippen LogP contribution in [-0.2, 0) is 2.69 Å². The van der Waals surface area contributed by atoms with E-state index in [-0.39, 0.29) is 5.97 Å². The number of hydrogen-bond acceptors (Lipinski definition) is 3.